The number of aromatic amines is 1. The van der Waals surface area contributed by atoms with Crippen molar-refractivity contribution in [2.75, 3.05) is 5.32 Å². The van der Waals surface area contributed by atoms with Crippen LogP contribution >= 0.6 is 11.3 Å². The Bertz CT molecular complexity index is 977. The summed E-state index contributed by atoms with van der Waals surface area (Å²) in [5, 5.41) is 21.2. The van der Waals surface area contributed by atoms with Gasteiger partial charge in [0.25, 0.3) is 0 Å². The molecule has 1 unspecified atom stereocenters. The number of carbonyl (C=O) groups is 1. The minimum atomic E-state index is -0.503. The molecule has 0 aliphatic rings. The number of aromatic nitrogens is 4. The van der Waals surface area contributed by atoms with Crippen molar-refractivity contribution in [3.63, 3.8) is 0 Å². The number of carbonyl (C=O) groups excluding carboxylic acids is 1. The van der Waals surface area contributed by atoms with E-state index in [-0.39, 0.29) is 5.91 Å². The third-order valence-electron chi connectivity index (χ3n) is 4.02. The Balaban J connectivity index is 1.64. The molecule has 2 aromatic carbocycles. The summed E-state index contributed by atoms with van der Waals surface area (Å²) in [5.41, 5.74) is 0.780. The third-order valence-corrected chi connectivity index (χ3v) is 4.92. The second kappa shape index (κ2) is 6.82. The number of hydrogen-bond donors (Lipinski definition) is 2. The zero-order valence-corrected chi connectivity index (χ0v) is 14.0. The lowest BCUT2D eigenvalue weighted by Gasteiger charge is -2.14. The topological polar surface area (TPSA) is 83.6 Å². The van der Waals surface area contributed by atoms with Crippen LogP contribution in [-0.4, -0.2) is 26.5 Å². The van der Waals surface area contributed by atoms with Crippen molar-refractivity contribution in [3.05, 3.63) is 70.7 Å². The fraction of sp³-hybridized carbons (Fsp3) is 0.111. The maximum absolute atomic E-state index is 13.0. The SMILES string of the molecule is O=C(Nc1cccc2ccccc12)C(Cc1cccs1)c1nn[nH]n1. The highest BCUT2D eigenvalue weighted by Crippen LogP contribution is 2.26. The molecule has 0 radical (unpaired) electrons. The van der Waals surface area contributed by atoms with Crippen molar-refractivity contribution in [1.29, 1.82) is 0 Å². The molecule has 25 heavy (non-hydrogen) atoms. The van der Waals surface area contributed by atoms with Gasteiger partial charge in [0.2, 0.25) is 5.91 Å². The second-order valence-corrected chi connectivity index (χ2v) is 6.65. The zero-order chi connectivity index (χ0) is 17.1. The van der Waals surface area contributed by atoms with Crippen molar-refractivity contribution < 1.29 is 4.79 Å². The van der Waals surface area contributed by atoms with Gasteiger partial charge in [0, 0.05) is 22.4 Å². The van der Waals surface area contributed by atoms with E-state index in [1.165, 1.54) is 0 Å². The fourth-order valence-corrected chi connectivity index (χ4v) is 3.55. The lowest BCUT2D eigenvalue weighted by atomic mass is 10.0. The average Bonchev–Trinajstić information content (AvgIpc) is 3.34. The van der Waals surface area contributed by atoms with Crippen LogP contribution in [0.2, 0.25) is 0 Å². The Kier molecular flexibility index (Phi) is 4.22. The minimum Gasteiger partial charge on any atom is -0.325 e. The van der Waals surface area contributed by atoms with Crippen molar-refractivity contribution in [3.8, 4) is 0 Å². The fourth-order valence-electron chi connectivity index (χ4n) is 2.80. The average molecular weight is 349 g/mol. The summed E-state index contributed by atoms with van der Waals surface area (Å²) >= 11 is 1.61. The number of thiophene rings is 1. The lowest BCUT2D eigenvalue weighted by Crippen LogP contribution is -2.24. The normalized spacial score (nSPS) is 12.2. The molecule has 0 aliphatic heterocycles. The van der Waals surface area contributed by atoms with Gasteiger partial charge in [-0.05, 0) is 22.9 Å². The van der Waals surface area contributed by atoms with Crippen molar-refractivity contribution in [2.45, 2.75) is 12.3 Å². The quantitative estimate of drug-likeness (QED) is 0.578. The standard InChI is InChI=1S/C18H15N5OS/c24-18(19-16-9-3-6-12-5-1-2-8-14(12)16)15(17-20-22-23-21-17)11-13-7-4-10-25-13/h1-10,15H,11H2,(H,19,24)(H,20,21,22,23). The van der Waals surface area contributed by atoms with E-state index in [9.17, 15) is 4.79 Å². The van der Waals surface area contributed by atoms with Gasteiger partial charge in [-0.25, -0.2) is 0 Å². The largest absolute Gasteiger partial charge is 0.325 e. The molecule has 0 aliphatic carbocycles. The number of rotatable bonds is 5. The van der Waals surface area contributed by atoms with Crippen molar-refractivity contribution in [2.24, 2.45) is 0 Å². The highest BCUT2D eigenvalue weighted by Gasteiger charge is 2.26. The van der Waals surface area contributed by atoms with E-state index >= 15 is 0 Å². The number of tetrazole rings is 1. The van der Waals surface area contributed by atoms with Gasteiger partial charge in [-0.1, -0.05) is 47.7 Å². The van der Waals surface area contributed by atoms with Crippen LogP contribution in [0.25, 0.3) is 10.8 Å². The van der Waals surface area contributed by atoms with Crippen LogP contribution in [0.4, 0.5) is 5.69 Å². The van der Waals surface area contributed by atoms with Crippen molar-refractivity contribution in [1.82, 2.24) is 20.6 Å². The van der Waals surface area contributed by atoms with Crippen LogP contribution in [0.3, 0.4) is 0 Å². The minimum absolute atomic E-state index is 0.147. The van der Waals surface area contributed by atoms with Gasteiger partial charge in [0.1, 0.15) is 5.92 Å². The first kappa shape index (κ1) is 15.5. The predicted molar refractivity (Wildman–Crippen MR) is 97.5 cm³/mol. The van der Waals surface area contributed by atoms with Crippen LogP contribution in [0.15, 0.2) is 60.0 Å². The second-order valence-electron chi connectivity index (χ2n) is 5.62. The predicted octanol–water partition coefficient (Wildman–Crippen LogP) is 3.38. The molecule has 4 rings (SSSR count). The summed E-state index contributed by atoms with van der Waals surface area (Å²) in [7, 11) is 0. The maximum atomic E-state index is 13.0. The Morgan fingerprint density at radius 2 is 2.00 bits per heavy atom. The van der Waals surface area contributed by atoms with E-state index in [0.717, 1.165) is 21.3 Å². The van der Waals surface area contributed by atoms with E-state index in [1.54, 1.807) is 11.3 Å². The van der Waals surface area contributed by atoms with Crippen LogP contribution in [0.1, 0.15) is 16.6 Å². The number of anilines is 1. The Hall–Kier alpha value is -3.06. The number of benzene rings is 2. The van der Waals surface area contributed by atoms with E-state index in [1.807, 2.05) is 60.0 Å². The molecule has 1 atom stereocenters. The van der Waals surface area contributed by atoms with Gasteiger partial charge in [0.05, 0.1) is 0 Å². The molecule has 124 valence electrons. The molecule has 2 N–H and O–H groups in total. The van der Waals surface area contributed by atoms with E-state index in [4.69, 9.17) is 0 Å². The monoisotopic (exact) mass is 349 g/mol. The van der Waals surface area contributed by atoms with Crippen molar-refractivity contribution >= 4 is 33.7 Å². The Labute approximate surface area is 147 Å². The summed E-state index contributed by atoms with van der Waals surface area (Å²) in [6, 6.07) is 17.8. The Morgan fingerprint density at radius 1 is 1.12 bits per heavy atom. The molecular formula is C18H15N5OS. The number of hydrogen-bond acceptors (Lipinski definition) is 5. The molecule has 1 amide bonds. The van der Waals surface area contributed by atoms with Gasteiger partial charge in [-0.3, -0.25) is 4.79 Å². The molecule has 0 bridgehead atoms. The molecular weight excluding hydrogens is 334 g/mol. The van der Waals surface area contributed by atoms with Crippen LogP contribution in [0, 0.1) is 0 Å². The highest BCUT2D eigenvalue weighted by molar-refractivity contribution is 7.09. The van der Waals surface area contributed by atoms with Gasteiger partial charge in [-0.15, -0.1) is 21.5 Å². The van der Waals surface area contributed by atoms with Crippen LogP contribution in [-0.2, 0) is 11.2 Å². The van der Waals surface area contributed by atoms with Gasteiger partial charge in [0.15, 0.2) is 5.82 Å². The molecule has 2 aromatic heterocycles. The lowest BCUT2D eigenvalue weighted by molar-refractivity contribution is -0.117. The molecule has 6 nitrogen and oxygen atoms in total. The van der Waals surface area contributed by atoms with Gasteiger partial charge in [-0.2, -0.15) is 5.21 Å². The molecule has 7 heteroatoms. The number of nitrogens with one attached hydrogen (secondary N) is 2. The molecule has 0 fully saturated rings. The van der Waals surface area contributed by atoms with Gasteiger partial charge >= 0.3 is 0 Å². The summed E-state index contributed by atoms with van der Waals surface area (Å²) in [6.07, 6.45) is 0.536. The van der Waals surface area contributed by atoms with E-state index < -0.39 is 5.92 Å². The molecule has 0 spiro atoms. The maximum Gasteiger partial charge on any atom is 0.235 e. The van der Waals surface area contributed by atoms with Gasteiger partial charge < -0.3 is 5.32 Å². The third kappa shape index (κ3) is 3.27. The first-order chi connectivity index (χ1) is 12.3. The number of amides is 1. The summed E-state index contributed by atoms with van der Waals surface area (Å²) < 4.78 is 0. The van der Waals surface area contributed by atoms with Crippen LogP contribution < -0.4 is 5.32 Å². The summed E-state index contributed by atoms with van der Waals surface area (Å²) in [4.78, 5) is 14.1. The van der Waals surface area contributed by atoms with E-state index in [0.29, 0.717) is 12.2 Å². The number of fused-ring (bicyclic) bond motifs is 1. The molecule has 2 heterocycles. The Morgan fingerprint density at radius 3 is 2.80 bits per heavy atom. The summed E-state index contributed by atoms with van der Waals surface area (Å²) in [5.74, 6) is -0.256. The molecule has 0 saturated heterocycles. The molecule has 0 saturated carbocycles. The first-order valence-corrected chi connectivity index (χ1v) is 8.73. The first-order valence-electron chi connectivity index (χ1n) is 7.85. The number of nitrogens with zero attached hydrogens (tertiary/aromatic N) is 3. The highest BCUT2D eigenvalue weighted by atomic mass is 32.1. The van der Waals surface area contributed by atoms with E-state index in [2.05, 4.69) is 25.9 Å². The number of H-pyrrole nitrogens is 1. The van der Waals surface area contributed by atoms with Crippen LogP contribution in [0.5, 0.6) is 0 Å². The summed E-state index contributed by atoms with van der Waals surface area (Å²) in [6.45, 7) is 0. The molecule has 4 aromatic rings. The smallest absolute Gasteiger partial charge is 0.235 e. The zero-order valence-electron chi connectivity index (χ0n) is 13.2.